The third kappa shape index (κ3) is 5.04. The van der Waals surface area contributed by atoms with Gasteiger partial charge in [-0.05, 0) is 56.9 Å². The van der Waals surface area contributed by atoms with Gasteiger partial charge in [0.2, 0.25) is 5.88 Å². The number of benzene rings is 1. The van der Waals surface area contributed by atoms with Gasteiger partial charge in [0.05, 0.1) is 23.1 Å². The van der Waals surface area contributed by atoms with Crippen LogP contribution in [-0.2, 0) is 0 Å². The summed E-state index contributed by atoms with van der Waals surface area (Å²) < 4.78 is 33.5. The van der Waals surface area contributed by atoms with Gasteiger partial charge in [0.1, 0.15) is 11.7 Å². The number of halogens is 3. The van der Waals surface area contributed by atoms with E-state index in [1.165, 1.54) is 6.20 Å². The molecule has 4 rings (SSSR count). The molecule has 0 unspecified atom stereocenters. The Morgan fingerprint density at radius 1 is 1.18 bits per heavy atom. The third-order valence-electron chi connectivity index (χ3n) is 5.78. The molecule has 12 heteroatoms. The fourth-order valence-electron chi connectivity index (χ4n) is 3.95. The van der Waals surface area contributed by atoms with Crippen molar-refractivity contribution < 1.29 is 23.1 Å². The summed E-state index contributed by atoms with van der Waals surface area (Å²) in [5, 5.41) is 11.6. The van der Waals surface area contributed by atoms with E-state index in [4.69, 9.17) is 22.1 Å². The second kappa shape index (κ2) is 9.80. The monoisotopic (exact) mass is 492 g/mol. The fraction of sp³-hybridized carbons (Fsp3) is 0.364. The Bertz CT molecular complexity index is 1190. The molecule has 1 aliphatic rings. The number of hydrogen-bond donors (Lipinski definition) is 2. The molecule has 2 heterocycles. The highest BCUT2D eigenvalue weighted by Gasteiger charge is 2.28. The Morgan fingerprint density at radius 3 is 2.47 bits per heavy atom. The van der Waals surface area contributed by atoms with Crippen LogP contribution in [-0.4, -0.2) is 43.5 Å². The molecule has 9 nitrogen and oxygen atoms in total. The van der Waals surface area contributed by atoms with Gasteiger partial charge in [-0.1, -0.05) is 11.6 Å². The number of nitrogens with zero attached hydrogens (tertiary/aromatic N) is 4. The van der Waals surface area contributed by atoms with E-state index in [0.29, 0.717) is 46.6 Å². The molecule has 0 radical (unpaired) electrons. The first-order valence-corrected chi connectivity index (χ1v) is 11.1. The van der Waals surface area contributed by atoms with Gasteiger partial charge in [-0.25, -0.2) is 9.36 Å². The molecule has 1 aromatic carbocycles. The molecule has 34 heavy (non-hydrogen) atoms. The molecule has 0 bridgehead atoms. The lowest BCUT2D eigenvalue weighted by atomic mass is 9.92. The number of ether oxygens (including phenoxy) is 1. The molecule has 0 atom stereocenters. The highest BCUT2D eigenvalue weighted by Crippen LogP contribution is 2.27. The van der Waals surface area contributed by atoms with Crippen LogP contribution in [0.3, 0.4) is 0 Å². The Hall–Kier alpha value is -3.47. The molecule has 180 valence electrons. The highest BCUT2D eigenvalue weighted by molar-refractivity contribution is 6.30. The first kappa shape index (κ1) is 23.7. The topological polar surface area (TPSA) is 117 Å². The van der Waals surface area contributed by atoms with E-state index >= 15 is 0 Å². The van der Waals surface area contributed by atoms with Crippen molar-refractivity contribution in [1.29, 1.82) is 0 Å². The zero-order valence-electron chi connectivity index (χ0n) is 18.2. The molecule has 0 aliphatic heterocycles. The van der Waals surface area contributed by atoms with Gasteiger partial charge in [-0.2, -0.15) is 13.9 Å². The fourth-order valence-corrected chi connectivity index (χ4v) is 4.08. The molecule has 1 aliphatic carbocycles. The summed E-state index contributed by atoms with van der Waals surface area (Å²) >= 11 is 5.94. The number of carbonyl (C=O) groups is 2. The Morgan fingerprint density at radius 2 is 1.85 bits per heavy atom. The van der Waals surface area contributed by atoms with Crippen molar-refractivity contribution in [3.63, 3.8) is 0 Å². The van der Waals surface area contributed by atoms with E-state index in [1.54, 1.807) is 16.8 Å². The molecule has 1 fully saturated rings. The molecular weight excluding hydrogens is 470 g/mol. The van der Waals surface area contributed by atoms with Gasteiger partial charge in [0, 0.05) is 17.3 Å². The van der Waals surface area contributed by atoms with E-state index in [2.05, 4.69) is 15.5 Å². The van der Waals surface area contributed by atoms with Crippen LogP contribution in [0.4, 0.5) is 8.78 Å². The minimum absolute atomic E-state index is 0.0835. The van der Waals surface area contributed by atoms with E-state index in [9.17, 15) is 18.4 Å². The summed E-state index contributed by atoms with van der Waals surface area (Å²) in [6.45, 7) is -1.09. The van der Waals surface area contributed by atoms with Gasteiger partial charge >= 0.3 is 6.55 Å². The zero-order chi connectivity index (χ0) is 24.4. The molecular formula is C22H23ClF2N6O3. The predicted molar refractivity (Wildman–Crippen MR) is 119 cm³/mol. The Kier molecular flexibility index (Phi) is 6.82. The van der Waals surface area contributed by atoms with Crippen molar-refractivity contribution in [2.45, 2.75) is 51.3 Å². The summed E-state index contributed by atoms with van der Waals surface area (Å²) in [6.07, 6.45) is 4.40. The number of hydrogen-bond acceptors (Lipinski definition) is 5. The highest BCUT2D eigenvalue weighted by atomic mass is 35.5. The zero-order valence-corrected chi connectivity index (χ0v) is 19.0. The van der Waals surface area contributed by atoms with Gasteiger partial charge < -0.3 is 15.8 Å². The van der Waals surface area contributed by atoms with Crippen LogP contribution in [0.5, 0.6) is 5.88 Å². The number of alkyl halides is 2. The largest absolute Gasteiger partial charge is 0.473 e. The number of carbonyl (C=O) groups excluding carboxylic acids is 2. The molecule has 3 N–H and O–H groups in total. The normalized spacial score (nSPS) is 18.1. The number of primary amides is 1. The van der Waals surface area contributed by atoms with Gasteiger partial charge in [0.25, 0.3) is 11.8 Å². The lowest BCUT2D eigenvalue weighted by Gasteiger charge is -2.29. The molecule has 0 spiro atoms. The van der Waals surface area contributed by atoms with Gasteiger partial charge in [-0.3, -0.25) is 9.59 Å². The predicted octanol–water partition coefficient (Wildman–Crippen LogP) is 3.64. The van der Waals surface area contributed by atoms with E-state index in [1.807, 2.05) is 19.1 Å². The van der Waals surface area contributed by atoms with Crippen molar-refractivity contribution in [1.82, 2.24) is 24.9 Å². The molecule has 2 aromatic heterocycles. The maximum atomic E-state index is 12.9. The first-order valence-electron chi connectivity index (χ1n) is 10.7. The average Bonchev–Trinajstić information content (AvgIpc) is 3.40. The lowest BCUT2D eigenvalue weighted by molar-refractivity contribution is 0.0528. The van der Waals surface area contributed by atoms with Crippen LogP contribution in [0.25, 0.3) is 5.69 Å². The number of nitrogens with one attached hydrogen (secondary N) is 1. The molecule has 0 saturated heterocycles. The first-order chi connectivity index (χ1) is 16.2. The van der Waals surface area contributed by atoms with Crippen molar-refractivity contribution in [3.8, 4) is 11.6 Å². The quantitative estimate of drug-likeness (QED) is 0.522. The summed E-state index contributed by atoms with van der Waals surface area (Å²) in [5.41, 5.74) is 7.02. The Labute approximate surface area is 198 Å². The van der Waals surface area contributed by atoms with Gasteiger partial charge in [-0.15, -0.1) is 5.10 Å². The van der Waals surface area contributed by atoms with Crippen LogP contribution < -0.4 is 15.8 Å². The van der Waals surface area contributed by atoms with Crippen LogP contribution in [0.1, 0.15) is 58.6 Å². The second-order valence-electron chi connectivity index (χ2n) is 8.07. The van der Waals surface area contributed by atoms with Gasteiger partial charge in [0.15, 0.2) is 0 Å². The van der Waals surface area contributed by atoms with Crippen molar-refractivity contribution >= 4 is 23.4 Å². The third-order valence-corrected chi connectivity index (χ3v) is 6.03. The lowest BCUT2D eigenvalue weighted by Crippen LogP contribution is -2.40. The summed E-state index contributed by atoms with van der Waals surface area (Å²) in [7, 11) is 0. The van der Waals surface area contributed by atoms with Crippen LogP contribution in [0.2, 0.25) is 5.02 Å². The Balaban J connectivity index is 1.35. The SMILES string of the molecule is Cc1c(C(=O)N[C@H]2CC[C@H](Oc3nn(C(F)F)cc3C(N)=O)CC2)cnn1-c1ccc(Cl)cc1. The summed E-state index contributed by atoms with van der Waals surface area (Å²) in [5.74, 6) is -1.32. The number of nitrogens with two attached hydrogens (primary N) is 1. The minimum atomic E-state index is -2.91. The van der Waals surface area contributed by atoms with Crippen LogP contribution in [0, 0.1) is 6.92 Å². The summed E-state index contributed by atoms with van der Waals surface area (Å²) in [4.78, 5) is 24.4. The number of rotatable bonds is 7. The van der Waals surface area contributed by atoms with Crippen LogP contribution in [0.15, 0.2) is 36.7 Å². The van der Waals surface area contributed by atoms with E-state index < -0.39 is 12.5 Å². The van der Waals surface area contributed by atoms with Crippen molar-refractivity contribution in [3.05, 3.63) is 58.5 Å². The second-order valence-corrected chi connectivity index (χ2v) is 8.50. The number of amides is 2. The van der Waals surface area contributed by atoms with Crippen LogP contribution >= 0.6 is 11.6 Å². The van der Waals surface area contributed by atoms with Crippen molar-refractivity contribution in [2.75, 3.05) is 0 Å². The summed E-state index contributed by atoms with van der Waals surface area (Å²) in [6, 6.07) is 7.06. The molecule has 2 amide bonds. The molecule has 3 aromatic rings. The standard InChI is InChI=1S/C22H23ClF2N6O3/c1-12-17(10-27-31(12)15-6-2-13(23)3-7-15)20(33)28-14-4-8-16(9-5-14)34-21-18(19(26)32)11-30(29-21)22(24)25/h2-3,6-7,10-11,14,16,22H,4-5,8-9H2,1H3,(H2,26,32)(H,28,33)/t14-,16-. The minimum Gasteiger partial charge on any atom is -0.473 e. The maximum Gasteiger partial charge on any atom is 0.333 e. The van der Waals surface area contributed by atoms with E-state index in [-0.39, 0.29) is 29.5 Å². The smallest absolute Gasteiger partial charge is 0.333 e. The molecule has 1 saturated carbocycles. The van der Waals surface area contributed by atoms with E-state index in [0.717, 1.165) is 11.9 Å². The van der Waals surface area contributed by atoms with Crippen molar-refractivity contribution in [2.24, 2.45) is 5.73 Å². The maximum absolute atomic E-state index is 12.9. The number of aromatic nitrogens is 4. The average molecular weight is 493 g/mol.